The summed E-state index contributed by atoms with van der Waals surface area (Å²) in [5.74, 6) is -0.882. The minimum atomic E-state index is -0.574. The molecule has 29 heavy (non-hydrogen) atoms. The third-order valence-electron chi connectivity index (χ3n) is 5.14. The standard InChI is InChI=1S/C20H23N5O4/c1-29-20(28)13-6-8-14(9-7-13)23-18(26)15-10-16(24-25-19(15)27)11-2-4-12(5-3-11)17(21)22/h2-5,10,13-14H,6-9H2,1H3,(H3,21,22)(H,23,26)(H,25,27). The lowest BCUT2D eigenvalue weighted by Gasteiger charge is -2.27. The van der Waals surface area contributed by atoms with Gasteiger partial charge in [-0.2, -0.15) is 5.10 Å². The Balaban J connectivity index is 1.71. The lowest BCUT2D eigenvalue weighted by atomic mass is 9.86. The minimum Gasteiger partial charge on any atom is -0.469 e. The number of H-pyrrole nitrogens is 1. The third kappa shape index (κ3) is 4.68. The first kappa shape index (κ1) is 20.2. The average Bonchev–Trinajstić information content (AvgIpc) is 2.74. The molecule has 1 aromatic heterocycles. The van der Waals surface area contributed by atoms with Crippen LogP contribution in [0, 0.1) is 11.3 Å². The first-order valence-corrected chi connectivity index (χ1v) is 9.32. The number of aromatic amines is 1. The fraction of sp³-hybridized carbons (Fsp3) is 0.350. The largest absolute Gasteiger partial charge is 0.469 e. The summed E-state index contributed by atoms with van der Waals surface area (Å²) in [5.41, 5.74) is 6.53. The Morgan fingerprint density at radius 1 is 1.21 bits per heavy atom. The SMILES string of the molecule is COC(=O)C1CCC(NC(=O)c2cc(-c3ccc(C(=N)N)cc3)n[nH]c2=O)CC1. The molecule has 1 fully saturated rings. The van der Waals surface area contributed by atoms with Crippen molar-refractivity contribution in [3.8, 4) is 11.3 Å². The predicted octanol–water partition coefficient (Wildman–Crippen LogP) is 1.18. The van der Waals surface area contributed by atoms with E-state index in [0.717, 1.165) is 0 Å². The Labute approximate surface area is 167 Å². The quantitative estimate of drug-likeness (QED) is 0.338. The minimum absolute atomic E-state index is 0.0271. The van der Waals surface area contributed by atoms with Crippen LogP contribution in [0.4, 0.5) is 0 Å². The Hall–Kier alpha value is -3.49. The molecule has 0 atom stereocenters. The number of amides is 1. The van der Waals surface area contributed by atoms with Crippen LogP contribution in [-0.2, 0) is 9.53 Å². The predicted molar refractivity (Wildman–Crippen MR) is 107 cm³/mol. The molecule has 3 rings (SSSR count). The number of nitrogens with one attached hydrogen (secondary N) is 3. The van der Waals surface area contributed by atoms with Gasteiger partial charge in [0.2, 0.25) is 0 Å². The van der Waals surface area contributed by atoms with E-state index in [1.807, 2.05) is 0 Å². The van der Waals surface area contributed by atoms with Crippen molar-refractivity contribution in [2.24, 2.45) is 11.7 Å². The van der Waals surface area contributed by atoms with E-state index in [9.17, 15) is 14.4 Å². The highest BCUT2D eigenvalue weighted by Gasteiger charge is 2.28. The number of carbonyl (C=O) groups is 2. The number of carbonyl (C=O) groups excluding carboxylic acids is 2. The maximum Gasteiger partial charge on any atom is 0.308 e. The summed E-state index contributed by atoms with van der Waals surface area (Å²) in [6.45, 7) is 0. The van der Waals surface area contributed by atoms with Crippen molar-refractivity contribution >= 4 is 17.7 Å². The van der Waals surface area contributed by atoms with Crippen LogP contribution < -0.4 is 16.6 Å². The van der Waals surface area contributed by atoms with Crippen LogP contribution in [0.3, 0.4) is 0 Å². The van der Waals surface area contributed by atoms with Gasteiger partial charge in [-0.25, -0.2) is 5.10 Å². The lowest BCUT2D eigenvalue weighted by molar-refractivity contribution is -0.146. The van der Waals surface area contributed by atoms with Gasteiger partial charge in [0, 0.05) is 17.2 Å². The van der Waals surface area contributed by atoms with Gasteiger partial charge in [0.1, 0.15) is 11.4 Å². The molecule has 1 aromatic carbocycles. The van der Waals surface area contributed by atoms with Crippen molar-refractivity contribution in [1.82, 2.24) is 15.5 Å². The molecule has 1 aliphatic rings. The number of amidine groups is 1. The molecule has 0 unspecified atom stereocenters. The maximum atomic E-state index is 12.6. The van der Waals surface area contributed by atoms with E-state index in [4.69, 9.17) is 15.9 Å². The van der Waals surface area contributed by atoms with E-state index in [-0.39, 0.29) is 29.3 Å². The number of esters is 1. The van der Waals surface area contributed by atoms with Crippen LogP contribution in [0.1, 0.15) is 41.6 Å². The van der Waals surface area contributed by atoms with Gasteiger partial charge in [0.15, 0.2) is 0 Å². The number of hydrogen-bond donors (Lipinski definition) is 4. The summed E-state index contributed by atoms with van der Waals surface area (Å²) in [6.07, 6.45) is 2.57. The van der Waals surface area contributed by atoms with E-state index in [1.165, 1.54) is 13.2 Å². The van der Waals surface area contributed by atoms with Gasteiger partial charge in [0.25, 0.3) is 11.5 Å². The van der Waals surface area contributed by atoms with Gasteiger partial charge in [-0.15, -0.1) is 0 Å². The first-order chi connectivity index (χ1) is 13.9. The van der Waals surface area contributed by atoms with Crippen LogP contribution in [0.15, 0.2) is 35.1 Å². The molecule has 2 aromatic rings. The van der Waals surface area contributed by atoms with Gasteiger partial charge in [-0.05, 0) is 31.7 Å². The molecule has 152 valence electrons. The molecule has 9 nitrogen and oxygen atoms in total. The fourth-order valence-corrected chi connectivity index (χ4v) is 3.45. The smallest absolute Gasteiger partial charge is 0.308 e. The molecule has 5 N–H and O–H groups in total. The average molecular weight is 397 g/mol. The van der Waals surface area contributed by atoms with Gasteiger partial charge in [0.05, 0.1) is 18.7 Å². The molecule has 0 saturated heterocycles. The fourth-order valence-electron chi connectivity index (χ4n) is 3.45. The summed E-state index contributed by atoms with van der Waals surface area (Å²) in [4.78, 5) is 36.4. The zero-order valence-corrected chi connectivity index (χ0v) is 16.0. The molecule has 9 heteroatoms. The summed E-state index contributed by atoms with van der Waals surface area (Å²) in [5, 5.41) is 16.7. The number of aromatic nitrogens is 2. The van der Waals surface area contributed by atoms with Crippen molar-refractivity contribution in [2.45, 2.75) is 31.7 Å². The van der Waals surface area contributed by atoms with Crippen LogP contribution in [0.5, 0.6) is 0 Å². The number of nitrogens with zero attached hydrogens (tertiary/aromatic N) is 1. The Kier molecular flexibility index (Phi) is 6.06. The topological polar surface area (TPSA) is 151 Å². The van der Waals surface area contributed by atoms with E-state index in [2.05, 4.69) is 15.5 Å². The van der Waals surface area contributed by atoms with Crippen molar-refractivity contribution < 1.29 is 14.3 Å². The van der Waals surface area contributed by atoms with Gasteiger partial charge >= 0.3 is 5.97 Å². The maximum absolute atomic E-state index is 12.6. The molecule has 1 saturated carbocycles. The van der Waals surface area contributed by atoms with Crippen LogP contribution >= 0.6 is 0 Å². The molecule has 1 heterocycles. The molecular weight excluding hydrogens is 374 g/mol. The number of rotatable bonds is 5. The summed E-state index contributed by atoms with van der Waals surface area (Å²) in [6, 6.07) is 8.11. The van der Waals surface area contributed by atoms with Gasteiger partial charge in [-0.1, -0.05) is 24.3 Å². The van der Waals surface area contributed by atoms with E-state index < -0.39 is 11.5 Å². The molecule has 0 radical (unpaired) electrons. The number of hydrogen-bond acceptors (Lipinski definition) is 6. The highest BCUT2D eigenvalue weighted by molar-refractivity contribution is 5.96. The zero-order chi connectivity index (χ0) is 21.0. The second-order valence-corrected chi connectivity index (χ2v) is 7.03. The number of methoxy groups -OCH3 is 1. The number of benzene rings is 1. The Bertz CT molecular complexity index is 975. The number of ether oxygens (including phenoxy) is 1. The van der Waals surface area contributed by atoms with Gasteiger partial charge in [-0.3, -0.25) is 19.8 Å². The van der Waals surface area contributed by atoms with Crippen LogP contribution in [0.2, 0.25) is 0 Å². The monoisotopic (exact) mass is 397 g/mol. The Morgan fingerprint density at radius 2 is 1.86 bits per heavy atom. The second-order valence-electron chi connectivity index (χ2n) is 7.03. The summed E-state index contributed by atoms with van der Waals surface area (Å²) < 4.78 is 4.77. The second kappa shape index (κ2) is 8.68. The lowest BCUT2D eigenvalue weighted by Crippen LogP contribution is -2.40. The van der Waals surface area contributed by atoms with Crippen LogP contribution in [-0.4, -0.2) is 41.1 Å². The number of nitrogens with two attached hydrogens (primary N) is 1. The van der Waals surface area contributed by atoms with Crippen LogP contribution in [0.25, 0.3) is 11.3 Å². The molecule has 0 aliphatic heterocycles. The molecule has 1 amide bonds. The van der Waals surface area contributed by atoms with Gasteiger partial charge < -0.3 is 15.8 Å². The third-order valence-corrected chi connectivity index (χ3v) is 5.14. The van der Waals surface area contributed by atoms with E-state index in [1.54, 1.807) is 24.3 Å². The molecule has 1 aliphatic carbocycles. The normalized spacial score (nSPS) is 18.7. The zero-order valence-electron chi connectivity index (χ0n) is 16.0. The highest BCUT2D eigenvalue weighted by atomic mass is 16.5. The van der Waals surface area contributed by atoms with E-state index in [0.29, 0.717) is 42.5 Å². The summed E-state index contributed by atoms with van der Waals surface area (Å²) in [7, 11) is 1.37. The van der Waals surface area contributed by atoms with Crippen molar-refractivity contribution in [2.75, 3.05) is 7.11 Å². The first-order valence-electron chi connectivity index (χ1n) is 9.32. The van der Waals surface area contributed by atoms with E-state index >= 15 is 0 Å². The molecule has 0 spiro atoms. The van der Waals surface area contributed by atoms with Crippen molar-refractivity contribution in [1.29, 1.82) is 5.41 Å². The summed E-state index contributed by atoms with van der Waals surface area (Å²) >= 11 is 0. The molecule has 0 bridgehead atoms. The van der Waals surface area contributed by atoms with Crippen molar-refractivity contribution in [3.63, 3.8) is 0 Å². The molecular formula is C20H23N5O4. The van der Waals surface area contributed by atoms with Crippen molar-refractivity contribution in [3.05, 3.63) is 51.8 Å². The Morgan fingerprint density at radius 3 is 2.45 bits per heavy atom. The highest BCUT2D eigenvalue weighted by Crippen LogP contribution is 2.25. The number of nitrogen functional groups attached to an aromatic ring is 1.